The normalized spacial score (nSPS) is 16.1. The Hall–Kier alpha value is -2.32. The number of hydrogen-bond donors (Lipinski definition) is 2. The first-order valence-corrected chi connectivity index (χ1v) is 9.47. The average Bonchev–Trinajstić information content (AvgIpc) is 2.97. The molecule has 2 heterocycles. The summed E-state index contributed by atoms with van der Waals surface area (Å²) in [5.74, 6) is -3.40. The molecule has 27 heavy (non-hydrogen) atoms. The molecule has 5 nitrogen and oxygen atoms in total. The van der Waals surface area contributed by atoms with Gasteiger partial charge in [0, 0.05) is 6.42 Å². The van der Waals surface area contributed by atoms with E-state index in [2.05, 4.69) is 19.2 Å². The summed E-state index contributed by atoms with van der Waals surface area (Å²) in [4.78, 5) is 27.1. The number of quaternary nitrogens is 1. The van der Waals surface area contributed by atoms with Crippen LogP contribution >= 0.6 is 11.3 Å². The van der Waals surface area contributed by atoms with Crippen LogP contribution in [0.2, 0.25) is 0 Å². The fourth-order valence-electron chi connectivity index (χ4n) is 3.28. The van der Waals surface area contributed by atoms with Crippen LogP contribution in [0.25, 0.3) is 0 Å². The van der Waals surface area contributed by atoms with Crippen LogP contribution in [-0.4, -0.2) is 31.6 Å². The molecule has 0 radical (unpaired) electrons. The fraction of sp³-hybridized carbons (Fsp3) is 0.368. The Balaban J connectivity index is 1.98. The molecule has 0 aliphatic carbocycles. The number of rotatable bonds is 4. The summed E-state index contributed by atoms with van der Waals surface area (Å²) in [5, 5.41) is 2.78. The van der Waals surface area contributed by atoms with Crippen molar-refractivity contribution in [3.05, 3.63) is 51.4 Å². The van der Waals surface area contributed by atoms with Gasteiger partial charge in [0.05, 0.1) is 30.1 Å². The molecule has 1 aliphatic heterocycles. The molecule has 1 aliphatic rings. The van der Waals surface area contributed by atoms with Crippen molar-refractivity contribution in [3.63, 3.8) is 0 Å². The zero-order chi connectivity index (χ0) is 19.7. The minimum absolute atomic E-state index is 0.268. The maximum atomic E-state index is 13.9. The topological polar surface area (TPSA) is 59.8 Å². The number of ether oxygens (including phenoxy) is 1. The molecular formula is C19H21F2N2O3S+. The van der Waals surface area contributed by atoms with Crippen molar-refractivity contribution in [2.75, 3.05) is 19.0 Å². The largest absolute Gasteiger partial charge is 0.465 e. The van der Waals surface area contributed by atoms with Crippen LogP contribution in [0.4, 0.5) is 13.8 Å². The van der Waals surface area contributed by atoms with Gasteiger partial charge in [0.15, 0.2) is 0 Å². The van der Waals surface area contributed by atoms with Crippen molar-refractivity contribution in [1.29, 1.82) is 0 Å². The lowest BCUT2D eigenvalue weighted by Gasteiger charge is -2.27. The SMILES string of the molecule is COC(=O)c1c(NC(=O)c2c(F)cccc2F)sc2c1CC[NH+](C(C)C)C2. The second kappa shape index (κ2) is 7.74. The van der Waals surface area contributed by atoms with Crippen LogP contribution in [0, 0.1) is 11.6 Å². The van der Waals surface area contributed by atoms with E-state index in [4.69, 9.17) is 4.74 Å². The van der Waals surface area contributed by atoms with Gasteiger partial charge in [-0.25, -0.2) is 13.6 Å². The van der Waals surface area contributed by atoms with Gasteiger partial charge < -0.3 is 15.0 Å². The van der Waals surface area contributed by atoms with E-state index < -0.39 is 29.1 Å². The molecule has 0 saturated heterocycles. The monoisotopic (exact) mass is 395 g/mol. The quantitative estimate of drug-likeness (QED) is 0.782. The first-order valence-electron chi connectivity index (χ1n) is 8.66. The van der Waals surface area contributed by atoms with Gasteiger partial charge in [-0.1, -0.05) is 6.07 Å². The lowest BCUT2D eigenvalue weighted by atomic mass is 10.0. The van der Waals surface area contributed by atoms with E-state index in [-0.39, 0.29) is 10.6 Å². The number of hydrogen-bond acceptors (Lipinski definition) is 4. The van der Waals surface area contributed by atoms with Gasteiger partial charge in [-0.15, -0.1) is 11.3 Å². The van der Waals surface area contributed by atoms with E-state index in [0.29, 0.717) is 12.5 Å². The molecule has 0 saturated carbocycles. The Labute approximate surface area is 159 Å². The first kappa shape index (κ1) is 19.4. The molecule has 1 aromatic heterocycles. The van der Waals surface area contributed by atoms with Crippen molar-refractivity contribution in [2.24, 2.45) is 0 Å². The van der Waals surface area contributed by atoms with Gasteiger partial charge in [0.1, 0.15) is 28.7 Å². The van der Waals surface area contributed by atoms with E-state index >= 15 is 0 Å². The number of thiophene rings is 1. The predicted octanol–water partition coefficient (Wildman–Crippen LogP) is 2.41. The molecule has 8 heteroatoms. The molecule has 1 amide bonds. The summed E-state index contributed by atoms with van der Waals surface area (Å²) in [6, 6.07) is 3.65. The maximum absolute atomic E-state index is 13.9. The third-order valence-electron chi connectivity index (χ3n) is 4.80. The standard InChI is InChI=1S/C19H20F2N2O3S/c1-10(2)23-8-7-11-14(9-23)27-18(15(11)19(25)26-3)22-17(24)16-12(20)5-4-6-13(16)21/h4-6,10H,7-9H2,1-3H3,(H,22,24)/p+1. The van der Waals surface area contributed by atoms with E-state index in [9.17, 15) is 18.4 Å². The number of carbonyl (C=O) groups excluding carboxylic acids is 2. The third kappa shape index (κ3) is 3.72. The molecule has 1 atom stereocenters. The Morgan fingerprint density at radius 1 is 1.22 bits per heavy atom. The minimum Gasteiger partial charge on any atom is -0.465 e. The Morgan fingerprint density at radius 3 is 2.48 bits per heavy atom. The Morgan fingerprint density at radius 2 is 1.89 bits per heavy atom. The van der Waals surface area contributed by atoms with Gasteiger partial charge in [-0.3, -0.25) is 4.79 Å². The molecule has 144 valence electrons. The van der Waals surface area contributed by atoms with E-state index in [0.717, 1.165) is 35.7 Å². The highest BCUT2D eigenvalue weighted by atomic mass is 32.1. The van der Waals surface area contributed by atoms with Crippen molar-refractivity contribution < 1.29 is 28.0 Å². The zero-order valence-electron chi connectivity index (χ0n) is 15.3. The smallest absolute Gasteiger partial charge is 0.341 e. The van der Waals surface area contributed by atoms with Gasteiger partial charge in [-0.05, 0) is 31.5 Å². The number of methoxy groups -OCH3 is 1. The van der Waals surface area contributed by atoms with Crippen LogP contribution in [0.15, 0.2) is 18.2 Å². The highest BCUT2D eigenvalue weighted by molar-refractivity contribution is 7.17. The van der Waals surface area contributed by atoms with Crippen LogP contribution in [0.5, 0.6) is 0 Å². The minimum atomic E-state index is -0.955. The number of anilines is 1. The number of halogens is 2. The Bertz CT molecular complexity index is 875. The highest BCUT2D eigenvalue weighted by Gasteiger charge is 2.32. The van der Waals surface area contributed by atoms with Crippen molar-refractivity contribution in [3.8, 4) is 0 Å². The summed E-state index contributed by atoms with van der Waals surface area (Å²) >= 11 is 1.26. The number of carbonyl (C=O) groups is 2. The number of fused-ring (bicyclic) bond motifs is 1. The number of esters is 1. The Kier molecular flexibility index (Phi) is 5.57. The zero-order valence-corrected chi connectivity index (χ0v) is 16.1. The maximum Gasteiger partial charge on any atom is 0.341 e. The van der Waals surface area contributed by atoms with Crippen LogP contribution in [0.1, 0.15) is 45.0 Å². The molecule has 2 aromatic rings. The van der Waals surface area contributed by atoms with Crippen LogP contribution in [-0.2, 0) is 17.7 Å². The van der Waals surface area contributed by atoms with Crippen molar-refractivity contribution in [2.45, 2.75) is 32.9 Å². The van der Waals surface area contributed by atoms with Crippen LogP contribution in [0.3, 0.4) is 0 Å². The second-order valence-corrected chi connectivity index (χ2v) is 7.85. The van der Waals surface area contributed by atoms with E-state index in [1.165, 1.54) is 29.4 Å². The van der Waals surface area contributed by atoms with Crippen molar-refractivity contribution >= 4 is 28.2 Å². The summed E-state index contributed by atoms with van der Waals surface area (Å²) in [6.45, 7) is 5.84. The fourth-order valence-corrected chi connectivity index (χ4v) is 4.56. The summed E-state index contributed by atoms with van der Waals surface area (Å²) in [6.07, 6.45) is 0.674. The molecule has 0 fully saturated rings. The molecule has 0 bridgehead atoms. The molecule has 2 N–H and O–H groups in total. The number of benzene rings is 1. The summed E-state index contributed by atoms with van der Waals surface area (Å²) in [5.41, 5.74) is 0.458. The predicted molar refractivity (Wildman–Crippen MR) is 98.3 cm³/mol. The molecular weight excluding hydrogens is 374 g/mol. The third-order valence-corrected chi connectivity index (χ3v) is 5.94. The molecule has 3 rings (SSSR count). The van der Waals surface area contributed by atoms with Gasteiger partial charge in [0.25, 0.3) is 5.91 Å². The second-order valence-electron chi connectivity index (χ2n) is 6.74. The molecule has 0 spiro atoms. The number of amides is 1. The lowest BCUT2D eigenvalue weighted by molar-refractivity contribution is -0.936. The molecule has 1 unspecified atom stereocenters. The van der Waals surface area contributed by atoms with Gasteiger partial charge >= 0.3 is 5.97 Å². The van der Waals surface area contributed by atoms with Crippen LogP contribution < -0.4 is 10.2 Å². The number of nitrogens with one attached hydrogen (secondary N) is 2. The van der Waals surface area contributed by atoms with Gasteiger partial charge in [0.2, 0.25) is 0 Å². The summed E-state index contributed by atoms with van der Waals surface area (Å²) in [7, 11) is 1.27. The van der Waals surface area contributed by atoms with Crippen molar-refractivity contribution in [1.82, 2.24) is 0 Å². The highest BCUT2D eigenvalue weighted by Crippen LogP contribution is 2.35. The van der Waals surface area contributed by atoms with E-state index in [1.807, 2.05) is 0 Å². The lowest BCUT2D eigenvalue weighted by Crippen LogP contribution is -3.14. The average molecular weight is 395 g/mol. The summed E-state index contributed by atoms with van der Waals surface area (Å²) < 4.78 is 32.7. The van der Waals surface area contributed by atoms with Gasteiger partial charge in [-0.2, -0.15) is 0 Å². The van der Waals surface area contributed by atoms with E-state index in [1.54, 1.807) is 0 Å². The molecule has 1 aromatic carbocycles. The first-order chi connectivity index (χ1) is 12.8.